The van der Waals surface area contributed by atoms with Gasteiger partial charge < -0.3 is 9.15 Å². The van der Waals surface area contributed by atoms with Crippen molar-refractivity contribution in [2.75, 3.05) is 7.11 Å². The molecule has 1 heterocycles. The molecule has 0 N–H and O–H groups in total. The second-order valence-electron chi connectivity index (χ2n) is 5.23. The van der Waals surface area contributed by atoms with Gasteiger partial charge in [-0.2, -0.15) is 0 Å². The van der Waals surface area contributed by atoms with Gasteiger partial charge in [0.2, 0.25) is 5.75 Å². The first-order valence-electron chi connectivity index (χ1n) is 7.08. The Labute approximate surface area is 126 Å². The second kappa shape index (κ2) is 5.63. The van der Waals surface area contributed by atoms with Crippen LogP contribution in [-0.2, 0) is 12.8 Å². The van der Waals surface area contributed by atoms with Gasteiger partial charge in [0, 0.05) is 6.07 Å². The van der Waals surface area contributed by atoms with Crippen molar-refractivity contribution >= 4 is 12.0 Å². The normalized spacial score (nSPS) is 13.5. The van der Waals surface area contributed by atoms with Crippen molar-refractivity contribution in [3.8, 4) is 17.1 Å². The van der Waals surface area contributed by atoms with Crippen LogP contribution in [0.1, 0.15) is 34.5 Å². The molecule has 114 valence electrons. The van der Waals surface area contributed by atoms with Crippen molar-refractivity contribution in [3.05, 3.63) is 45.2 Å². The Hall–Kier alpha value is -2.63. The minimum absolute atomic E-state index is 0.0674. The zero-order chi connectivity index (χ0) is 15.7. The van der Waals surface area contributed by atoms with Crippen LogP contribution in [0.3, 0.4) is 0 Å². The third kappa shape index (κ3) is 2.26. The number of carbonyl (C=O) groups excluding carboxylic acids is 1. The van der Waals surface area contributed by atoms with E-state index in [2.05, 4.69) is 0 Å². The summed E-state index contributed by atoms with van der Waals surface area (Å²) in [4.78, 5) is 21.7. The van der Waals surface area contributed by atoms with E-state index in [4.69, 9.17) is 9.15 Å². The summed E-state index contributed by atoms with van der Waals surface area (Å²) in [6.45, 7) is 0. The average Bonchev–Trinajstić information content (AvgIpc) is 3.01. The van der Waals surface area contributed by atoms with Crippen molar-refractivity contribution < 1.29 is 18.9 Å². The summed E-state index contributed by atoms with van der Waals surface area (Å²) in [5.74, 6) is 0.811. The lowest BCUT2D eigenvalue weighted by atomic mass is 9.86. The number of hydrogen-bond acceptors (Lipinski definition) is 5. The molecule has 2 aromatic rings. The van der Waals surface area contributed by atoms with Crippen molar-refractivity contribution in [2.24, 2.45) is 0 Å². The van der Waals surface area contributed by atoms with Crippen molar-refractivity contribution in [3.63, 3.8) is 0 Å². The molecule has 0 fully saturated rings. The van der Waals surface area contributed by atoms with Gasteiger partial charge in [-0.15, -0.1) is 0 Å². The molecular formula is C16H15NO5. The van der Waals surface area contributed by atoms with E-state index >= 15 is 0 Å². The van der Waals surface area contributed by atoms with Gasteiger partial charge in [-0.1, -0.05) is 0 Å². The maximum Gasteiger partial charge on any atom is 0.311 e. The van der Waals surface area contributed by atoms with Crippen LogP contribution in [-0.4, -0.2) is 18.3 Å². The third-order valence-corrected chi connectivity index (χ3v) is 3.97. The lowest BCUT2D eigenvalue weighted by molar-refractivity contribution is -0.385. The number of benzene rings is 1. The van der Waals surface area contributed by atoms with Crippen LogP contribution in [0.15, 0.2) is 22.6 Å². The number of methoxy groups -OCH3 is 1. The lowest BCUT2D eigenvalue weighted by Gasteiger charge is -2.20. The van der Waals surface area contributed by atoms with E-state index in [1.165, 1.54) is 7.11 Å². The molecule has 0 radical (unpaired) electrons. The highest BCUT2D eigenvalue weighted by Gasteiger charge is 2.29. The number of hydrogen-bond donors (Lipinski definition) is 0. The standard InChI is InChI=1S/C16H15NO5/c1-21-16-13(17(19)20)8-10-4-2-3-5-12(10)15(16)14-7-6-11(9-18)22-14/h6-9H,2-5H2,1H3. The number of nitro benzene ring substituents is 1. The molecule has 3 rings (SSSR count). The number of carbonyl (C=O) groups is 1. The Morgan fingerprint density at radius 1 is 1.32 bits per heavy atom. The Bertz CT molecular complexity index is 747. The molecule has 0 spiro atoms. The lowest BCUT2D eigenvalue weighted by Crippen LogP contribution is -2.08. The van der Waals surface area contributed by atoms with Gasteiger partial charge in [0.1, 0.15) is 5.76 Å². The number of fused-ring (bicyclic) bond motifs is 1. The molecule has 0 amide bonds. The van der Waals surface area contributed by atoms with E-state index in [-0.39, 0.29) is 17.2 Å². The maximum atomic E-state index is 11.4. The maximum absolute atomic E-state index is 11.4. The SMILES string of the molecule is COc1c([N+](=O)[O-])cc2c(c1-c1ccc(C=O)o1)CCCC2. The molecule has 6 heteroatoms. The van der Waals surface area contributed by atoms with Gasteiger partial charge in [0.25, 0.3) is 0 Å². The van der Waals surface area contributed by atoms with Crippen molar-refractivity contribution in [2.45, 2.75) is 25.7 Å². The van der Waals surface area contributed by atoms with Gasteiger partial charge in [-0.25, -0.2) is 0 Å². The largest absolute Gasteiger partial charge is 0.490 e. The molecule has 1 aromatic heterocycles. The number of nitrogens with zero attached hydrogens (tertiary/aromatic N) is 1. The molecule has 1 aromatic carbocycles. The Balaban J connectivity index is 2.31. The minimum atomic E-state index is -0.444. The smallest absolute Gasteiger partial charge is 0.311 e. The fourth-order valence-electron chi connectivity index (χ4n) is 3.02. The Kier molecular flexibility index (Phi) is 3.66. The fraction of sp³-hybridized carbons (Fsp3) is 0.312. The van der Waals surface area contributed by atoms with Crippen molar-refractivity contribution in [1.82, 2.24) is 0 Å². The molecule has 0 unspecified atom stereocenters. The van der Waals surface area contributed by atoms with Crippen LogP contribution in [0.25, 0.3) is 11.3 Å². The molecule has 22 heavy (non-hydrogen) atoms. The zero-order valence-electron chi connectivity index (χ0n) is 12.1. The first kappa shape index (κ1) is 14.3. The molecular weight excluding hydrogens is 286 g/mol. The van der Waals surface area contributed by atoms with Gasteiger partial charge in [-0.05, 0) is 48.9 Å². The first-order valence-corrected chi connectivity index (χ1v) is 7.08. The van der Waals surface area contributed by atoms with E-state index in [9.17, 15) is 14.9 Å². The van der Waals surface area contributed by atoms with Gasteiger partial charge in [-0.3, -0.25) is 14.9 Å². The van der Waals surface area contributed by atoms with Gasteiger partial charge in [0.05, 0.1) is 17.6 Å². The molecule has 0 saturated carbocycles. The monoisotopic (exact) mass is 301 g/mol. The number of ether oxygens (including phenoxy) is 1. The molecule has 0 bridgehead atoms. The highest BCUT2D eigenvalue weighted by atomic mass is 16.6. The summed E-state index contributed by atoms with van der Waals surface area (Å²) >= 11 is 0. The number of aryl methyl sites for hydroxylation is 1. The number of furan rings is 1. The van der Waals surface area contributed by atoms with Gasteiger partial charge >= 0.3 is 5.69 Å². The highest BCUT2D eigenvalue weighted by molar-refractivity contribution is 5.80. The van der Waals surface area contributed by atoms with E-state index in [0.29, 0.717) is 17.6 Å². The first-order chi connectivity index (χ1) is 10.7. The number of nitro groups is 1. The Morgan fingerprint density at radius 3 is 2.73 bits per heavy atom. The van der Waals surface area contributed by atoms with E-state index < -0.39 is 4.92 Å². The van der Waals surface area contributed by atoms with Crippen LogP contribution in [0.2, 0.25) is 0 Å². The molecule has 1 aliphatic carbocycles. The predicted molar refractivity (Wildman–Crippen MR) is 79.4 cm³/mol. The van der Waals surface area contributed by atoms with Crippen LogP contribution in [0.4, 0.5) is 5.69 Å². The topological polar surface area (TPSA) is 82.6 Å². The molecule has 1 aliphatic rings. The molecule has 0 atom stereocenters. The molecule has 0 aliphatic heterocycles. The summed E-state index contributed by atoms with van der Waals surface area (Å²) in [7, 11) is 1.41. The third-order valence-electron chi connectivity index (χ3n) is 3.97. The summed E-state index contributed by atoms with van der Waals surface area (Å²) in [6, 6.07) is 4.80. The number of rotatable bonds is 4. The zero-order valence-corrected chi connectivity index (χ0v) is 12.1. The van der Waals surface area contributed by atoms with Gasteiger partial charge in [0.15, 0.2) is 12.0 Å². The number of aldehydes is 1. The quantitative estimate of drug-likeness (QED) is 0.490. The Morgan fingerprint density at radius 2 is 2.09 bits per heavy atom. The summed E-state index contributed by atoms with van der Waals surface area (Å²) in [6.07, 6.45) is 4.25. The summed E-state index contributed by atoms with van der Waals surface area (Å²) in [5, 5.41) is 11.4. The second-order valence-corrected chi connectivity index (χ2v) is 5.23. The van der Waals surface area contributed by atoms with Crippen LogP contribution in [0.5, 0.6) is 5.75 Å². The summed E-state index contributed by atoms with van der Waals surface area (Å²) < 4.78 is 10.8. The fourth-order valence-corrected chi connectivity index (χ4v) is 3.02. The van der Waals surface area contributed by atoms with Crippen LogP contribution >= 0.6 is 0 Å². The van der Waals surface area contributed by atoms with Crippen LogP contribution in [0, 0.1) is 10.1 Å². The highest BCUT2D eigenvalue weighted by Crippen LogP contribution is 2.44. The van der Waals surface area contributed by atoms with Crippen LogP contribution < -0.4 is 4.74 Å². The molecule has 6 nitrogen and oxygen atoms in total. The minimum Gasteiger partial charge on any atom is -0.490 e. The molecule has 0 saturated heterocycles. The average molecular weight is 301 g/mol. The van der Waals surface area contributed by atoms with E-state index in [1.54, 1.807) is 18.2 Å². The van der Waals surface area contributed by atoms with E-state index in [0.717, 1.165) is 36.8 Å². The predicted octanol–water partition coefficient (Wildman–Crippen LogP) is 3.55. The summed E-state index contributed by atoms with van der Waals surface area (Å²) in [5.41, 5.74) is 2.50. The van der Waals surface area contributed by atoms with E-state index in [1.807, 2.05) is 0 Å². The van der Waals surface area contributed by atoms with Crippen molar-refractivity contribution in [1.29, 1.82) is 0 Å².